The van der Waals surface area contributed by atoms with Gasteiger partial charge >= 0.3 is 0 Å². The quantitative estimate of drug-likeness (QED) is 0.779. The van der Waals surface area contributed by atoms with Crippen molar-refractivity contribution in [2.75, 3.05) is 17.7 Å². The molecule has 2 rings (SSSR count). The van der Waals surface area contributed by atoms with E-state index in [1.165, 1.54) is 0 Å². The summed E-state index contributed by atoms with van der Waals surface area (Å²) in [6, 6.07) is 7.07. The predicted molar refractivity (Wildman–Crippen MR) is 96.2 cm³/mol. The van der Waals surface area contributed by atoms with Crippen LogP contribution in [0.1, 0.15) is 31.7 Å². The highest BCUT2D eigenvalue weighted by molar-refractivity contribution is 6.31. The summed E-state index contributed by atoms with van der Waals surface area (Å²) >= 11 is 6.10. The van der Waals surface area contributed by atoms with Gasteiger partial charge in [-0.05, 0) is 37.1 Å². The molecule has 24 heavy (non-hydrogen) atoms. The molecule has 1 aromatic carbocycles. The molecule has 2 aromatic rings. The van der Waals surface area contributed by atoms with Gasteiger partial charge in [0, 0.05) is 17.5 Å². The Kier molecular flexibility index (Phi) is 6.37. The number of ether oxygens (including phenoxy) is 1. The Hall–Kier alpha value is -2.34. The van der Waals surface area contributed by atoms with Crippen LogP contribution in [0, 0.1) is 6.92 Å². The van der Waals surface area contributed by atoms with Crippen LogP contribution in [0.25, 0.3) is 0 Å². The van der Waals surface area contributed by atoms with Gasteiger partial charge in [0.1, 0.15) is 5.75 Å². The molecular weight excluding hydrogens is 328 g/mol. The third kappa shape index (κ3) is 4.83. The van der Waals surface area contributed by atoms with Crippen LogP contribution in [0.4, 0.5) is 17.3 Å². The van der Waals surface area contributed by atoms with Crippen LogP contribution in [0.5, 0.6) is 5.75 Å². The molecular formula is C17H21ClN4O2. The second-order valence-corrected chi connectivity index (χ2v) is 5.79. The molecule has 0 saturated carbocycles. The zero-order chi connectivity index (χ0) is 17.5. The SMILES string of the molecule is CCCCC(=O)Nc1ccc(Nc2cc(C)c(Cl)cc2OC)nn1. The summed E-state index contributed by atoms with van der Waals surface area (Å²) in [5, 5.41) is 14.6. The summed E-state index contributed by atoms with van der Waals surface area (Å²) < 4.78 is 5.32. The lowest BCUT2D eigenvalue weighted by atomic mass is 10.2. The molecule has 128 valence electrons. The van der Waals surface area contributed by atoms with Crippen LogP contribution in [0.3, 0.4) is 0 Å². The summed E-state index contributed by atoms with van der Waals surface area (Å²) in [5.74, 6) is 1.54. The van der Waals surface area contributed by atoms with E-state index in [1.54, 1.807) is 25.3 Å². The highest BCUT2D eigenvalue weighted by Crippen LogP contribution is 2.32. The number of aromatic nitrogens is 2. The van der Waals surface area contributed by atoms with Crippen molar-refractivity contribution in [1.29, 1.82) is 0 Å². The van der Waals surface area contributed by atoms with E-state index in [1.807, 2.05) is 19.9 Å². The summed E-state index contributed by atoms with van der Waals surface area (Å²) in [7, 11) is 1.58. The van der Waals surface area contributed by atoms with Crippen LogP contribution >= 0.6 is 11.6 Å². The molecule has 0 saturated heterocycles. The minimum absolute atomic E-state index is 0.0538. The first-order valence-electron chi connectivity index (χ1n) is 7.78. The van der Waals surface area contributed by atoms with E-state index in [4.69, 9.17) is 16.3 Å². The molecule has 1 aromatic heterocycles. The lowest BCUT2D eigenvalue weighted by molar-refractivity contribution is -0.116. The molecule has 0 aliphatic rings. The van der Waals surface area contributed by atoms with Gasteiger partial charge in [-0.15, -0.1) is 10.2 Å². The summed E-state index contributed by atoms with van der Waals surface area (Å²) in [6.07, 6.45) is 2.32. The molecule has 0 aliphatic carbocycles. The number of carbonyl (C=O) groups is 1. The first-order valence-corrected chi connectivity index (χ1v) is 8.16. The lowest BCUT2D eigenvalue weighted by Crippen LogP contribution is -2.12. The molecule has 1 amide bonds. The van der Waals surface area contributed by atoms with Crippen LogP contribution < -0.4 is 15.4 Å². The second-order valence-electron chi connectivity index (χ2n) is 5.38. The van der Waals surface area contributed by atoms with Gasteiger partial charge in [0.05, 0.1) is 12.8 Å². The molecule has 0 radical (unpaired) electrons. The third-order valence-electron chi connectivity index (χ3n) is 3.43. The Morgan fingerprint density at radius 3 is 2.58 bits per heavy atom. The van der Waals surface area contributed by atoms with Crippen LogP contribution in [0.15, 0.2) is 24.3 Å². The van der Waals surface area contributed by atoms with Crippen molar-refractivity contribution in [2.45, 2.75) is 33.1 Å². The molecule has 2 N–H and O–H groups in total. The summed E-state index contributed by atoms with van der Waals surface area (Å²) in [4.78, 5) is 11.7. The van der Waals surface area contributed by atoms with Crippen molar-refractivity contribution < 1.29 is 9.53 Å². The molecule has 0 unspecified atom stereocenters. The maximum Gasteiger partial charge on any atom is 0.225 e. The molecule has 0 aliphatic heterocycles. The smallest absolute Gasteiger partial charge is 0.225 e. The van der Waals surface area contributed by atoms with E-state index in [0.717, 1.165) is 24.1 Å². The number of hydrogen-bond donors (Lipinski definition) is 2. The third-order valence-corrected chi connectivity index (χ3v) is 3.84. The number of carbonyl (C=O) groups excluding carboxylic acids is 1. The summed E-state index contributed by atoms with van der Waals surface area (Å²) in [5.41, 5.74) is 1.67. The van der Waals surface area contributed by atoms with Gasteiger partial charge < -0.3 is 15.4 Å². The van der Waals surface area contributed by atoms with Gasteiger partial charge in [-0.2, -0.15) is 0 Å². The van der Waals surface area contributed by atoms with E-state index in [-0.39, 0.29) is 5.91 Å². The van der Waals surface area contributed by atoms with Gasteiger partial charge in [-0.25, -0.2) is 0 Å². The molecule has 1 heterocycles. The predicted octanol–water partition coefficient (Wildman–Crippen LogP) is 4.32. The van der Waals surface area contributed by atoms with E-state index in [0.29, 0.717) is 28.8 Å². The van der Waals surface area contributed by atoms with Crippen LogP contribution in [-0.2, 0) is 4.79 Å². The minimum Gasteiger partial charge on any atom is -0.495 e. The van der Waals surface area contributed by atoms with Crippen molar-refractivity contribution in [1.82, 2.24) is 10.2 Å². The Morgan fingerprint density at radius 1 is 1.25 bits per heavy atom. The number of anilines is 3. The number of benzene rings is 1. The average Bonchev–Trinajstić information content (AvgIpc) is 2.57. The maximum atomic E-state index is 11.7. The fourth-order valence-corrected chi connectivity index (χ4v) is 2.23. The zero-order valence-electron chi connectivity index (χ0n) is 14.0. The highest BCUT2D eigenvalue weighted by Gasteiger charge is 2.09. The number of nitrogens with one attached hydrogen (secondary N) is 2. The first-order chi connectivity index (χ1) is 11.5. The van der Waals surface area contributed by atoms with Crippen molar-refractivity contribution in [3.05, 3.63) is 34.9 Å². The number of hydrogen-bond acceptors (Lipinski definition) is 5. The van der Waals surface area contributed by atoms with Gasteiger partial charge in [-0.3, -0.25) is 4.79 Å². The number of methoxy groups -OCH3 is 1. The molecule has 0 spiro atoms. The number of nitrogens with zero attached hydrogens (tertiary/aromatic N) is 2. The van der Waals surface area contributed by atoms with Crippen molar-refractivity contribution in [3.8, 4) is 5.75 Å². The van der Waals surface area contributed by atoms with E-state index in [9.17, 15) is 4.79 Å². The van der Waals surface area contributed by atoms with Gasteiger partial charge in [-0.1, -0.05) is 24.9 Å². The minimum atomic E-state index is -0.0538. The highest BCUT2D eigenvalue weighted by atomic mass is 35.5. The topological polar surface area (TPSA) is 76.1 Å². The van der Waals surface area contributed by atoms with Gasteiger partial charge in [0.15, 0.2) is 11.6 Å². The normalized spacial score (nSPS) is 10.3. The van der Waals surface area contributed by atoms with E-state index in [2.05, 4.69) is 20.8 Å². The maximum absolute atomic E-state index is 11.7. The number of amides is 1. The average molecular weight is 349 g/mol. The Balaban J connectivity index is 2.07. The molecule has 6 nitrogen and oxygen atoms in total. The van der Waals surface area contributed by atoms with Crippen LogP contribution in [-0.4, -0.2) is 23.2 Å². The standard InChI is InChI=1S/C17H21ClN4O2/c1-4-5-6-17(23)20-16-8-7-15(21-22-16)19-13-9-11(2)12(18)10-14(13)24-3/h7-10H,4-6H2,1-3H3,(H,19,21)(H,20,22,23). The van der Waals surface area contributed by atoms with Crippen LogP contribution in [0.2, 0.25) is 5.02 Å². The molecule has 0 fully saturated rings. The van der Waals surface area contributed by atoms with Crippen molar-refractivity contribution in [2.24, 2.45) is 0 Å². The fourth-order valence-electron chi connectivity index (χ4n) is 2.08. The monoisotopic (exact) mass is 348 g/mol. The lowest BCUT2D eigenvalue weighted by Gasteiger charge is -2.12. The van der Waals surface area contributed by atoms with Crippen molar-refractivity contribution in [3.63, 3.8) is 0 Å². The Bertz CT molecular complexity index is 704. The van der Waals surface area contributed by atoms with E-state index >= 15 is 0 Å². The van der Waals surface area contributed by atoms with Gasteiger partial charge in [0.2, 0.25) is 5.91 Å². The molecule has 7 heteroatoms. The summed E-state index contributed by atoms with van der Waals surface area (Å²) in [6.45, 7) is 3.95. The Morgan fingerprint density at radius 2 is 1.96 bits per heavy atom. The van der Waals surface area contributed by atoms with Gasteiger partial charge in [0.25, 0.3) is 0 Å². The molecule has 0 atom stereocenters. The number of halogens is 1. The Labute approximate surface area is 146 Å². The zero-order valence-corrected chi connectivity index (χ0v) is 14.8. The van der Waals surface area contributed by atoms with Crippen molar-refractivity contribution >= 4 is 34.8 Å². The second kappa shape index (κ2) is 8.49. The molecule has 0 bridgehead atoms. The number of unbranched alkanes of at least 4 members (excludes halogenated alkanes) is 1. The fraction of sp³-hybridized carbons (Fsp3) is 0.353. The number of rotatable bonds is 7. The first kappa shape index (κ1) is 18.0. The van der Waals surface area contributed by atoms with E-state index < -0.39 is 0 Å². The number of aryl methyl sites for hydroxylation is 1. The largest absolute Gasteiger partial charge is 0.495 e.